The topological polar surface area (TPSA) is 94.2 Å². The van der Waals surface area contributed by atoms with Gasteiger partial charge in [-0.15, -0.1) is 0 Å². The van der Waals surface area contributed by atoms with Crippen LogP contribution in [0.15, 0.2) is 30.6 Å². The zero-order chi connectivity index (χ0) is 20.9. The number of carbonyl (C=O) groups is 1. The molecule has 2 aliphatic carbocycles. The average Bonchev–Trinajstić information content (AvgIpc) is 3.24. The van der Waals surface area contributed by atoms with Crippen LogP contribution in [0, 0.1) is 10.1 Å². The van der Waals surface area contributed by atoms with E-state index in [1.165, 1.54) is 50.7 Å². The van der Waals surface area contributed by atoms with Crippen molar-refractivity contribution in [3.63, 3.8) is 0 Å². The number of hydrogen-bond acceptors (Lipinski definition) is 5. The van der Waals surface area contributed by atoms with Gasteiger partial charge in [0.25, 0.3) is 5.69 Å². The van der Waals surface area contributed by atoms with Crippen molar-refractivity contribution in [2.45, 2.75) is 82.8 Å². The van der Waals surface area contributed by atoms with Crippen molar-refractivity contribution in [2.75, 3.05) is 0 Å². The van der Waals surface area contributed by atoms with E-state index in [1.54, 1.807) is 23.1 Å². The molecular formula is C22H29N5O3. The number of amides is 1. The molecule has 0 atom stereocenters. The molecule has 30 heavy (non-hydrogen) atoms. The number of hydrogen-bond donors (Lipinski definition) is 0. The molecule has 0 bridgehead atoms. The maximum Gasteiger partial charge on any atom is 0.270 e. The van der Waals surface area contributed by atoms with Gasteiger partial charge in [-0.1, -0.05) is 50.7 Å². The third kappa shape index (κ3) is 4.68. The fraction of sp³-hybridized carbons (Fsp3) is 0.591. The van der Waals surface area contributed by atoms with Gasteiger partial charge in [0.15, 0.2) is 5.82 Å². The van der Waals surface area contributed by atoms with Gasteiger partial charge in [-0.25, -0.2) is 9.67 Å². The minimum Gasteiger partial charge on any atom is -0.335 e. The van der Waals surface area contributed by atoms with E-state index in [-0.39, 0.29) is 18.1 Å². The predicted octanol–water partition coefficient (Wildman–Crippen LogP) is 4.35. The molecule has 0 N–H and O–H groups in total. The number of aromatic nitrogens is 3. The summed E-state index contributed by atoms with van der Waals surface area (Å²) in [5, 5.41) is 15.4. The molecule has 160 valence electrons. The minimum absolute atomic E-state index is 0.000647. The Balaban J connectivity index is 1.50. The quantitative estimate of drug-likeness (QED) is 0.520. The summed E-state index contributed by atoms with van der Waals surface area (Å²) in [6, 6.07) is 6.94. The van der Waals surface area contributed by atoms with Gasteiger partial charge in [-0.2, -0.15) is 5.10 Å². The van der Waals surface area contributed by atoms with Gasteiger partial charge in [0.05, 0.1) is 4.92 Å². The Morgan fingerprint density at radius 1 is 1.07 bits per heavy atom. The first-order chi connectivity index (χ1) is 14.6. The standard InChI is InChI=1S/C22H29N5O3/c28-21(26(18-9-3-1-4-10-18)19-11-5-2-6-12-19)15-25-16-23-22(24-25)17-8-7-13-20(14-17)27(29)30/h7-8,13-14,16,18-19H,1-6,9-12,15H2. The fourth-order valence-electron chi connectivity index (χ4n) is 4.91. The van der Waals surface area contributed by atoms with E-state index in [4.69, 9.17) is 0 Å². The Labute approximate surface area is 176 Å². The summed E-state index contributed by atoms with van der Waals surface area (Å²) in [5.41, 5.74) is 0.576. The number of nitro benzene ring substituents is 1. The monoisotopic (exact) mass is 411 g/mol. The van der Waals surface area contributed by atoms with E-state index in [0.717, 1.165) is 25.7 Å². The molecule has 2 aliphatic rings. The predicted molar refractivity (Wildman–Crippen MR) is 113 cm³/mol. The molecule has 4 rings (SSSR count). The molecule has 2 saturated carbocycles. The molecule has 2 aromatic rings. The Hall–Kier alpha value is -2.77. The van der Waals surface area contributed by atoms with E-state index in [2.05, 4.69) is 15.0 Å². The highest BCUT2D eigenvalue weighted by Gasteiger charge is 2.32. The summed E-state index contributed by atoms with van der Waals surface area (Å²) >= 11 is 0. The van der Waals surface area contributed by atoms with Crippen molar-refractivity contribution in [1.29, 1.82) is 0 Å². The molecule has 0 saturated heterocycles. The van der Waals surface area contributed by atoms with Crippen LogP contribution in [0.5, 0.6) is 0 Å². The molecule has 1 aromatic carbocycles. The normalized spacial score (nSPS) is 18.3. The fourth-order valence-corrected chi connectivity index (χ4v) is 4.91. The van der Waals surface area contributed by atoms with Gasteiger partial charge in [-0.05, 0) is 25.7 Å². The van der Waals surface area contributed by atoms with Crippen LogP contribution < -0.4 is 0 Å². The van der Waals surface area contributed by atoms with Gasteiger partial charge < -0.3 is 4.90 Å². The first kappa shape index (κ1) is 20.5. The SMILES string of the molecule is O=C(Cn1cnc(-c2cccc([N+](=O)[O-])c2)n1)N(C1CCCCC1)C1CCCCC1. The van der Waals surface area contributed by atoms with Crippen LogP contribution in [0.25, 0.3) is 11.4 Å². The summed E-state index contributed by atoms with van der Waals surface area (Å²) in [5.74, 6) is 0.512. The Bertz CT molecular complexity index is 866. The lowest BCUT2D eigenvalue weighted by Gasteiger charge is -2.41. The number of nitrogens with zero attached hydrogens (tertiary/aromatic N) is 5. The third-order valence-electron chi connectivity index (χ3n) is 6.37. The minimum atomic E-state index is -0.434. The van der Waals surface area contributed by atoms with Crippen molar-refractivity contribution in [3.05, 3.63) is 40.7 Å². The zero-order valence-corrected chi connectivity index (χ0v) is 17.3. The van der Waals surface area contributed by atoms with Gasteiger partial charge >= 0.3 is 0 Å². The second kappa shape index (κ2) is 9.36. The summed E-state index contributed by atoms with van der Waals surface area (Å²) in [7, 11) is 0. The highest BCUT2D eigenvalue weighted by molar-refractivity contribution is 5.76. The highest BCUT2D eigenvalue weighted by Crippen LogP contribution is 2.30. The van der Waals surface area contributed by atoms with Crippen LogP contribution in [0.1, 0.15) is 64.2 Å². The number of nitro groups is 1. The lowest BCUT2D eigenvalue weighted by atomic mass is 9.88. The smallest absolute Gasteiger partial charge is 0.270 e. The number of rotatable bonds is 6. The molecule has 2 fully saturated rings. The Morgan fingerprint density at radius 3 is 2.30 bits per heavy atom. The molecule has 1 amide bonds. The first-order valence-electron chi connectivity index (χ1n) is 11.1. The van der Waals surface area contributed by atoms with Crippen LogP contribution >= 0.6 is 0 Å². The van der Waals surface area contributed by atoms with E-state index in [0.29, 0.717) is 23.5 Å². The second-order valence-electron chi connectivity index (χ2n) is 8.46. The number of non-ortho nitro benzene ring substituents is 1. The van der Waals surface area contributed by atoms with Gasteiger partial charge in [0, 0.05) is 29.8 Å². The third-order valence-corrected chi connectivity index (χ3v) is 6.37. The molecule has 0 unspecified atom stereocenters. The van der Waals surface area contributed by atoms with Crippen LogP contribution in [-0.4, -0.2) is 42.6 Å². The molecule has 8 nitrogen and oxygen atoms in total. The van der Waals surface area contributed by atoms with Gasteiger partial charge in [0.1, 0.15) is 12.9 Å². The van der Waals surface area contributed by atoms with Crippen molar-refractivity contribution >= 4 is 11.6 Å². The molecule has 8 heteroatoms. The summed E-state index contributed by atoms with van der Waals surface area (Å²) in [6.07, 6.45) is 13.2. The molecule has 1 aromatic heterocycles. The van der Waals surface area contributed by atoms with Crippen LogP contribution in [0.3, 0.4) is 0 Å². The molecule has 1 heterocycles. The van der Waals surface area contributed by atoms with Crippen molar-refractivity contribution in [2.24, 2.45) is 0 Å². The average molecular weight is 412 g/mol. The first-order valence-corrected chi connectivity index (χ1v) is 11.1. The van der Waals surface area contributed by atoms with Crippen molar-refractivity contribution < 1.29 is 9.72 Å². The lowest BCUT2D eigenvalue weighted by Crippen LogP contribution is -2.50. The van der Waals surface area contributed by atoms with E-state index in [1.807, 2.05) is 0 Å². The summed E-state index contributed by atoms with van der Waals surface area (Å²) in [4.78, 5) is 30.4. The molecular weight excluding hydrogens is 382 g/mol. The lowest BCUT2D eigenvalue weighted by molar-refractivity contribution is -0.384. The van der Waals surface area contributed by atoms with Crippen molar-refractivity contribution in [1.82, 2.24) is 19.7 Å². The maximum atomic E-state index is 13.3. The van der Waals surface area contributed by atoms with E-state index >= 15 is 0 Å². The van der Waals surface area contributed by atoms with Crippen LogP contribution in [-0.2, 0) is 11.3 Å². The largest absolute Gasteiger partial charge is 0.335 e. The maximum absolute atomic E-state index is 13.3. The zero-order valence-electron chi connectivity index (χ0n) is 17.3. The van der Waals surface area contributed by atoms with E-state index < -0.39 is 4.92 Å². The van der Waals surface area contributed by atoms with E-state index in [9.17, 15) is 14.9 Å². The van der Waals surface area contributed by atoms with Gasteiger partial charge in [-0.3, -0.25) is 14.9 Å². The summed E-state index contributed by atoms with van der Waals surface area (Å²) in [6.45, 7) is 0.162. The van der Waals surface area contributed by atoms with Crippen LogP contribution in [0.2, 0.25) is 0 Å². The number of benzene rings is 1. The molecule has 0 radical (unpaired) electrons. The molecule has 0 spiro atoms. The summed E-state index contributed by atoms with van der Waals surface area (Å²) < 4.78 is 1.56. The van der Waals surface area contributed by atoms with Crippen LogP contribution in [0.4, 0.5) is 5.69 Å². The second-order valence-corrected chi connectivity index (χ2v) is 8.46. The number of carbonyl (C=O) groups excluding carboxylic acids is 1. The van der Waals surface area contributed by atoms with Gasteiger partial charge in [0.2, 0.25) is 5.91 Å². The Kier molecular flexibility index (Phi) is 6.40. The van der Waals surface area contributed by atoms with Crippen molar-refractivity contribution in [3.8, 4) is 11.4 Å². The highest BCUT2D eigenvalue weighted by atomic mass is 16.6. The Morgan fingerprint density at radius 2 is 1.70 bits per heavy atom. The molecule has 0 aliphatic heterocycles.